The van der Waals surface area contributed by atoms with Crippen molar-refractivity contribution in [2.24, 2.45) is 0 Å². The molecule has 3 aliphatic rings. The molecule has 3 aliphatic heterocycles. The lowest BCUT2D eigenvalue weighted by Crippen LogP contribution is -2.47. The van der Waals surface area contributed by atoms with E-state index < -0.39 is 23.8 Å². The Balaban J connectivity index is 0.906. The first-order valence-corrected chi connectivity index (χ1v) is 19.0. The highest BCUT2D eigenvalue weighted by molar-refractivity contribution is 6.04. The number of carbonyl (C=O) groups excluding carboxylic acids is 4. The first-order valence-electron chi connectivity index (χ1n) is 19.0. The van der Waals surface area contributed by atoms with Gasteiger partial charge in [0.25, 0.3) is 5.91 Å². The molecule has 3 N–H and O–H groups in total. The van der Waals surface area contributed by atoms with E-state index in [2.05, 4.69) is 38.0 Å². The van der Waals surface area contributed by atoms with E-state index in [1.807, 2.05) is 37.1 Å². The number of piperidine rings is 3. The smallest absolute Gasteiger partial charge is 0.433 e. The molecule has 296 valence electrons. The van der Waals surface area contributed by atoms with Gasteiger partial charge >= 0.3 is 6.18 Å². The summed E-state index contributed by atoms with van der Waals surface area (Å²) in [5.74, 6) is -0.375. The molecule has 0 saturated carbocycles. The van der Waals surface area contributed by atoms with Gasteiger partial charge in [0.15, 0.2) is 0 Å². The quantitative estimate of drug-likeness (QED) is 0.175. The highest BCUT2D eigenvalue weighted by atomic mass is 19.4. The van der Waals surface area contributed by atoms with Gasteiger partial charge < -0.3 is 24.7 Å². The summed E-state index contributed by atoms with van der Waals surface area (Å²) in [4.78, 5) is 62.4. The van der Waals surface area contributed by atoms with Crippen LogP contribution in [-0.2, 0) is 20.6 Å². The number of anilines is 2. The summed E-state index contributed by atoms with van der Waals surface area (Å²) in [6, 6.07) is 12.5. The van der Waals surface area contributed by atoms with Gasteiger partial charge in [-0.05, 0) is 94.8 Å². The number of aromatic nitrogens is 3. The van der Waals surface area contributed by atoms with Crippen LogP contribution in [0.4, 0.5) is 24.5 Å². The number of halogens is 3. The minimum atomic E-state index is -4.68. The van der Waals surface area contributed by atoms with Crippen molar-refractivity contribution < 1.29 is 37.1 Å². The molecule has 4 aromatic rings. The molecule has 4 amide bonds. The molecule has 7 rings (SSSR count). The molecule has 3 fully saturated rings. The second kappa shape index (κ2) is 16.3. The number of amides is 4. The summed E-state index contributed by atoms with van der Waals surface area (Å²) in [7, 11) is 0. The molecule has 6 heterocycles. The van der Waals surface area contributed by atoms with Crippen molar-refractivity contribution in [1.29, 1.82) is 0 Å². The second-order valence-corrected chi connectivity index (χ2v) is 15.0. The van der Waals surface area contributed by atoms with Crippen LogP contribution in [0, 0.1) is 0 Å². The molecular formula is C40H45F3N8O5. The van der Waals surface area contributed by atoms with E-state index in [9.17, 15) is 32.3 Å². The Morgan fingerprint density at radius 1 is 0.929 bits per heavy atom. The lowest BCUT2D eigenvalue weighted by atomic mass is 9.89. The van der Waals surface area contributed by atoms with Crippen molar-refractivity contribution in [3.63, 3.8) is 0 Å². The number of hydrogen-bond acceptors (Lipinski definition) is 9. The molecule has 16 heteroatoms. The third-order valence-electron chi connectivity index (χ3n) is 10.6. The number of nitrogens with one attached hydrogen (secondary N) is 3. The van der Waals surface area contributed by atoms with E-state index in [4.69, 9.17) is 9.72 Å². The molecule has 1 atom stereocenters. The maximum atomic E-state index is 13.3. The van der Waals surface area contributed by atoms with Gasteiger partial charge in [-0.3, -0.25) is 29.4 Å². The van der Waals surface area contributed by atoms with Gasteiger partial charge in [-0.2, -0.15) is 13.2 Å². The predicted molar refractivity (Wildman–Crippen MR) is 201 cm³/mol. The van der Waals surface area contributed by atoms with Gasteiger partial charge in [0.1, 0.15) is 34.5 Å². The summed E-state index contributed by atoms with van der Waals surface area (Å²) in [6.07, 6.45) is 2.77. The SMILES string of the molecule is CC(C)Oc1cc2nc(C3CCN(CC(=O)N4CCC(c5ccc(NC6CCC(=O)NC6=O)cc5)CC4)CC3)cn2cc1NC(=O)c1cccc(C(F)(F)F)n1. The third-order valence-corrected chi connectivity index (χ3v) is 10.6. The molecule has 3 saturated heterocycles. The van der Waals surface area contributed by atoms with Gasteiger partial charge in [-0.25, -0.2) is 9.97 Å². The minimum Gasteiger partial charge on any atom is -0.489 e. The molecule has 0 spiro atoms. The maximum absolute atomic E-state index is 13.3. The van der Waals surface area contributed by atoms with Gasteiger partial charge in [-0.1, -0.05) is 18.2 Å². The Labute approximate surface area is 322 Å². The Morgan fingerprint density at radius 2 is 1.64 bits per heavy atom. The molecule has 0 aliphatic carbocycles. The van der Waals surface area contributed by atoms with Crippen molar-refractivity contribution in [2.75, 3.05) is 43.4 Å². The Bertz CT molecular complexity index is 2090. The monoisotopic (exact) mass is 774 g/mol. The molecule has 56 heavy (non-hydrogen) atoms. The number of pyridine rings is 2. The molecule has 1 unspecified atom stereocenters. The molecular weight excluding hydrogens is 729 g/mol. The van der Waals surface area contributed by atoms with Crippen molar-refractivity contribution in [3.8, 4) is 5.75 Å². The number of imide groups is 1. The number of likely N-dealkylation sites (tertiary alicyclic amines) is 2. The van der Waals surface area contributed by atoms with E-state index in [-0.39, 0.29) is 41.1 Å². The number of imidazole rings is 1. The predicted octanol–water partition coefficient (Wildman–Crippen LogP) is 5.59. The van der Waals surface area contributed by atoms with Crippen LogP contribution in [-0.4, -0.2) is 92.7 Å². The summed E-state index contributed by atoms with van der Waals surface area (Å²) < 4.78 is 47.4. The second-order valence-electron chi connectivity index (χ2n) is 15.0. The minimum absolute atomic E-state index is 0.131. The van der Waals surface area contributed by atoms with Gasteiger partial charge in [0.05, 0.1) is 18.3 Å². The summed E-state index contributed by atoms with van der Waals surface area (Å²) in [5, 5.41) is 8.25. The normalized spacial score (nSPS) is 19.0. The Morgan fingerprint density at radius 3 is 2.32 bits per heavy atom. The van der Waals surface area contributed by atoms with E-state index in [1.165, 1.54) is 11.6 Å². The highest BCUT2D eigenvalue weighted by Gasteiger charge is 2.33. The molecule has 0 bridgehead atoms. The number of carbonyl (C=O) groups is 4. The maximum Gasteiger partial charge on any atom is 0.433 e. The van der Waals surface area contributed by atoms with Crippen LogP contribution < -0.4 is 20.7 Å². The van der Waals surface area contributed by atoms with Crippen LogP contribution in [0.2, 0.25) is 0 Å². The topological polar surface area (TPSA) is 150 Å². The highest BCUT2D eigenvalue weighted by Crippen LogP contribution is 2.33. The average molecular weight is 775 g/mol. The number of rotatable bonds is 10. The van der Waals surface area contributed by atoms with Crippen molar-refractivity contribution in [1.82, 2.24) is 29.5 Å². The van der Waals surface area contributed by atoms with Crippen LogP contribution in [0.3, 0.4) is 0 Å². The van der Waals surface area contributed by atoms with Gasteiger partial charge in [0.2, 0.25) is 17.7 Å². The zero-order chi connectivity index (χ0) is 39.6. The van der Waals surface area contributed by atoms with Gasteiger partial charge in [-0.15, -0.1) is 0 Å². The summed E-state index contributed by atoms with van der Waals surface area (Å²) in [6.45, 7) is 6.89. The zero-order valence-corrected chi connectivity index (χ0v) is 31.3. The first kappa shape index (κ1) is 38.8. The lowest BCUT2D eigenvalue weighted by molar-refractivity contribution is -0.141. The van der Waals surface area contributed by atoms with E-state index in [0.29, 0.717) is 49.8 Å². The molecule has 3 aromatic heterocycles. The lowest BCUT2D eigenvalue weighted by Gasteiger charge is -2.35. The van der Waals surface area contributed by atoms with Crippen LogP contribution in [0.25, 0.3) is 5.65 Å². The number of fused-ring (bicyclic) bond motifs is 1. The summed E-state index contributed by atoms with van der Waals surface area (Å²) >= 11 is 0. The fourth-order valence-electron chi connectivity index (χ4n) is 7.61. The average Bonchev–Trinajstić information content (AvgIpc) is 3.59. The largest absolute Gasteiger partial charge is 0.489 e. The molecule has 13 nitrogen and oxygen atoms in total. The van der Waals surface area contributed by atoms with Crippen LogP contribution in [0.15, 0.2) is 60.9 Å². The van der Waals surface area contributed by atoms with Crippen LogP contribution in [0.5, 0.6) is 5.75 Å². The van der Waals surface area contributed by atoms with Crippen LogP contribution in [0.1, 0.15) is 91.6 Å². The molecule has 0 radical (unpaired) electrons. The third kappa shape index (κ3) is 9.12. The Hall–Kier alpha value is -5.51. The van der Waals surface area contributed by atoms with E-state index in [1.54, 1.807) is 16.7 Å². The van der Waals surface area contributed by atoms with Crippen molar-refractivity contribution in [3.05, 3.63) is 83.6 Å². The first-order chi connectivity index (χ1) is 26.8. The van der Waals surface area contributed by atoms with E-state index >= 15 is 0 Å². The number of ether oxygens (including phenoxy) is 1. The number of nitrogens with zero attached hydrogens (tertiary/aromatic N) is 5. The number of hydrogen-bond donors (Lipinski definition) is 3. The van der Waals surface area contributed by atoms with Gasteiger partial charge in [0, 0.05) is 49.6 Å². The zero-order valence-electron chi connectivity index (χ0n) is 31.3. The van der Waals surface area contributed by atoms with E-state index in [0.717, 1.165) is 62.3 Å². The Kier molecular flexibility index (Phi) is 11.3. The van der Waals surface area contributed by atoms with Crippen molar-refractivity contribution >= 4 is 40.7 Å². The van der Waals surface area contributed by atoms with Crippen molar-refractivity contribution in [2.45, 2.75) is 82.5 Å². The van der Waals surface area contributed by atoms with Crippen LogP contribution >= 0.6 is 0 Å². The fourth-order valence-corrected chi connectivity index (χ4v) is 7.61. The summed E-state index contributed by atoms with van der Waals surface area (Å²) in [5.41, 5.74) is 2.26. The molecule has 1 aromatic carbocycles. The fraction of sp³-hybridized carbons (Fsp3) is 0.450. The standard InChI is InChI=1S/C40H45F3N8O5/c1-24(2)56-33-20-35-46-31(21-51(35)22-32(33)47-38(54)29-4-3-5-34(45-29)40(41,42)43)27-12-16-49(17-13-27)23-37(53)50-18-14-26(15-19-50)25-6-8-28(9-7-25)44-30-10-11-36(52)48-39(30)55/h3-9,20-22,24,26-27,30,44H,10-19,23H2,1-2H3,(H,47,54)(H,48,52,55). The number of alkyl halides is 3. The number of benzene rings is 1.